The van der Waals surface area contributed by atoms with Gasteiger partial charge in [-0.2, -0.15) is 140 Å². The van der Waals surface area contributed by atoms with Crippen LogP contribution in [0.2, 0.25) is 0 Å². The number of carboxylic acids is 4. The van der Waals surface area contributed by atoms with Gasteiger partial charge in [-0.1, -0.05) is 90.4 Å². The van der Waals surface area contributed by atoms with E-state index in [-0.39, 0.29) is 0 Å². The van der Waals surface area contributed by atoms with Gasteiger partial charge in [0.2, 0.25) is 0 Å². The van der Waals surface area contributed by atoms with Crippen LogP contribution >= 0.6 is 90.4 Å². The van der Waals surface area contributed by atoms with Gasteiger partial charge in [0.05, 0.1) is 58.3 Å². The van der Waals surface area contributed by atoms with E-state index < -0.39 is 220 Å². The van der Waals surface area contributed by atoms with E-state index in [0.717, 1.165) is 0 Å². The number of aliphatic carboxylic acids is 4. The highest BCUT2D eigenvalue weighted by Gasteiger charge is 2.74. The van der Waals surface area contributed by atoms with Crippen LogP contribution in [0.5, 0.6) is 0 Å². The molecule has 0 aliphatic carbocycles. The van der Waals surface area contributed by atoms with Gasteiger partial charge >= 0.3 is 96.2 Å². The average molecular weight is 1840 g/mol. The summed E-state index contributed by atoms with van der Waals surface area (Å²) >= 11 is 2.47. The van der Waals surface area contributed by atoms with Crippen LogP contribution in [0.3, 0.4) is 0 Å². The fourth-order valence-electron chi connectivity index (χ4n) is 5.36. The van der Waals surface area contributed by atoms with Gasteiger partial charge < -0.3 is 58.6 Å². The van der Waals surface area contributed by atoms with Crippen LogP contribution in [0.15, 0.2) is 0 Å². The van der Waals surface area contributed by atoms with Crippen LogP contribution in [0, 0.1) is 5.41 Å². The number of hydrogen-bond donors (Lipinski definition) is 0. The topological polar surface area (TPSA) is 234 Å². The number of rotatable bonds is 44. The van der Waals surface area contributed by atoms with E-state index in [1.54, 1.807) is 0 Å². The second-order valence-electron chi connectivity index (χ2n) is 17.6. The molecule has 0 heterocycles. The van der Waals surface area contributed by atoms with Gasteiger partial charge in [-0.25, -0.2) is 18.9 Å². The molecular formula is C37H28F32I4O16-4. The van der Waals surface area contributed by atoms with Gasteiger partial charge in [-0.15, -0.1) is 0 Å². The molecule has 52 heteroatoms. The molecule has 528 valence electrons. The van der Waals surface area contributed by atoms with Crippen LogP contribution in [-0.2, 0) is 57.1 Å². The molecule has 0 bridgehead atoms. The minimum absolute atomic E-state index is 0.616. The van der Waals surface area contributed by atoms with Crippen LogP contribution < -0.4 is 20.4 Å². The van der Waals surface area contributed by atoms with Gasteiger partial charge in [-0.05, 0) is 0 Å². The normalized spacial score (nSPS) is 17.0. The predicted molar refractivity (Wildman–Crippen MR) is 239 cm³/mol. The molecule has 4 unspecified atom stereocenters. The number of carbonyl (C=O) groups excluding carboxylic acids is 4. The van der Waals surface area contributed by atoms with Crippen LogP contribution in [-0.4, -0.2) is 189 Å². The lowest BCUT2D eigenvalue weighted by Crippen LogP contribution is -2.59. The Morgan fingerprint density at radius 2 is 0.404 bits per heavy atom. The molecule has 0 amide bonds. The Labute approximate surface area is 525 Å². The lowest BCUT2D eigenvalue weighted by atomic mass is 9.92. The van der Waals surface area contributed by atoms with Crippen LogP contribution in [0.1, 0.15) is 25.7 Å². The molecule has 89 heavy (non-hydrogen) atoms. The van der Waals surface area contributed by atoms with Gasteiger partial charge in [-0.3, -0.25) is 0 Å². The Morgan fingerprint density at radius 3 is 0.528 bits per heavy atom. The quantitative estimate of drug-likeness (QED) is 0.0323. The van der Waals surface area contributed by atoms with Crippen molar-refractivity contribution < 1.29 is 218 Å². The maximum absolute atomic E-state index is 14.7. The summed E-state index contributed by atoms with van der Waals surface area (Å²) < 4.78 is 466. The predicted octanol–water partition coefficient (Wildman–Crippen LogP) is 7.70. The first kappa shape index (κ1) is 87.2. The summed E-state index contributed by atoms with van der Waals surface area (Å²) in [5, 5.41) is 41.4. The number of carboxylic acid groups (broad SMARTS) is 4. The number of alkyl halides is 36. The zero-order valence-electron chi connectivity index (χ0n) is 41.4. The van der Waals surface area contributed by atoms with Crippen molar-refractivity contribution in [1.82, 2.24) is 0 Å². The maximum atomic E-state index is 14.7. The Balaban J connectivity index is 7.57. The Morgan fingerprint density at radius 1 is 0.270 bits per heavy atom. The third-order valence-corrected chi connectivity index (χ3v) is 13.2. The Bertz CT molecular complexity index is 2060. The standard InChI is InChI=1S/C37H32F32I4O16/c38-22(39,30(54,55)86-34(62,63)26(46,47)17(74)75)1-13(70)5-82-9-21(10-83-6-14(71)2-23(40,41)31(56,57)87-35(64,65)27(48,49)18(76)77,11-84-7-15(72)3-24(42,43)32(58,59)88-36(66,67)28(50,51)19(78)79)12-85-8-16(73)4-25(44,45)33(60,61)89-37(68,69)29(52,53)20(80)81/h13-16H,1-12H2,(H,74,75)(H,76,77)(H,78,79)(H,80,81)/p-4. The fraction of sp³-hybridized carbons (Fsp3) is 0.892. The molecular weight excluding hydrogens is 1820 g/mol. The summed E-state index contributed by atoms with van der Waals surface area (Å²) in [5.41, 5.74) is -2.93. The third kappa shape index (κ3) is 22.1. The van der Waals surface area contributed by atoms with Crippen molar-refractivity contribution in [2.24, 2.45) is 5.41 Å². The Hall–Kier alpha value is -1.76. The minimum Gasteiger partial charge on any atom is -0.544 e. The van der Waals surface area contributed by atoms with Crippen LogP contribution in [0.25, 0.3) is 0 Å². The number of hydrogen-bond acceptors (Lipinski definition) is 16. The zero-order valence-corrected chi connectivity index (χ0v) is 50.1. The second-order valence-corrected chi connectivity index (χ2v) is 24.6. The molecule has 0 aliphatic rings. The Kier molecular flexibility index (Phi) is 29.5. The average Bonchev–Trinajstić information content (AvgIpc) is 3.28. The van der Waals surface area contributed by atoms with Crippen molar-refractivity contribution in [2.45, 2.75) is 138 Å². The first-order valence-electron chi connectivity index (χ1n) is 21.6. The minimum atomic E-state index is -7.04. The number of carbonyl (C=O) groups is 4. The lowest BCUT2D eigenvalue weighted by Gasteiger charge is -2.36. The largest absolute Gasteiger partial charge is 0.544 e. The van der Waals surface area contributed by atoms with Gasteiger partial charge in [0.15, 0.2) is 0 Å². The molecule has 0 aromatic heterocycles. The van der Waals surface area contributed by atoms with Gasteiger partial charge in [0, 0.05) is 41.4 Å². The summed E-state index contributed by atoms with van der Waals surface area (Å²) in [6.07, 6.45) is -66.2. The fourth-order valence-corrected chi connectivity index (χ4v) is 8.59. The summed E-state index contributed by atoms with van der Waals surface area (Å²) in [7, 11) is 0. The van der Waals surface area contributed by atoms with Crippen molar-refractivity contribution in [3.63, 3.8) is 0 Å². The van der Waals surface area contributed by atoms with Gasteiger partial charge in [0.25, 0.3) is 0 Å². The summed E-state index contributed by atoms with van der Waals surface area (Å²) in [6, 6.07) is 0. The summed E-state index contributed by atoms with van der Waals surface area (Å²) in [4.78, 5) is 41.4. The van der Waals surface area contributed by atoms with Crippen molar-refractivity contribution in [3.05, 3.63) is 0 Å². The molecule has 0 fully saturated rings. The van der Waals surface area contributed by atoms with Crippen molar-refractivity contribution in [1.29, 1.82) is 0 Å². The van der Waals surface area contributed by atoms with E-state index in [2.05, 4.69) is 18.9 Å². The first-order valence-corrected chi connectivity index (χ1v) is 26.6. The van der Waals surface area contributed by atoms with E-state index in [1.807, 2.05) is 0 Å². The van der Waals surface area contributed by atoms with E-state index in [9.17, 15) is 180 Å². The molecule has 0 spiro atoms. The van der Waals surface area contributed by atoms with E-state index >= 15 is 0 Å². The molecule has 0 N–H and O–H groups in total. The number of halogens is 36. The van der Waals surface area contributed by atoms with Crippen molar-refractivity contribution in [2.75, 3.05) is 52.9 Å². The summed E-state index contributed by atoms with van der Waals surface area (Å²) in [6.45, 7) is -13.6. The molecule has 0 rings (SSSR count). The highest BCUT2D eigenvalue weighted by molar-refractivity contribution is 14.1. The third-order valence-electron chi connectivity index (χ3n) is 9.96. The maximum Gasteiger partial charge on any atom is 0.429 e. The highest BCUT2D eigenvalue weighted by atomic mass is 127. The molecule has 0 saturated carbocycles. The van der Waals surface area contributed by atoms with E-state index in [1.165, 1.54) is 0 Å². The van der Waals surface area contributed by atoms with Gasteiger partial charge in [0.1, 0.15) is 23.9 Å². The zero-order chi connectivity index (χ0) is 71.3. The summed E-state index contributed by atoms with van der Waals surface area (Å²) in [5.74, 6) is -68.6. The molecule has 16 nitrogen and oxygen atoms in total. The van der Waals surface area contributed by atoms with Crippen molar-refractivity contribution in [3.8, 4) is 0 Å². The first-order chi connectivity index (χ1) is 39.0. The molecule has 0 aromatic carbocycles. The van der Waals surface area contributed by atoms with Crippen LogP contribution in [0.4, 0.5) is 140 Å². The molecule has 0 radical (unpaired) electrons. The smallest absolute Gasteiger partial charge is 0.429 e. The van der Waals surface area contributed by atoms with E-state index in [4.69, 9.17) is 18.9 Å². The molecule has 0 aliphatic heterocycles. The highest BCUT2D eigenvalue weighted by Crippen LogP contribution is 2.52. The number of ether oxygens (including phenoxy) is 8. The second kappa shape index (κ2) is 30.1. The van der Waals surface area contributed by atoms with Crippen molar-refractivity contribution >= 4 is 114 Å². The SMILES string of the molecule is O=C([O-])C(F)(F)C(F)(F)OC(F)(F)C(F)(F)CC(I)COCC(COCC(I)CC(F)(F)C(F)(F)OC(F)(F)C(F)(F)C(=O)[O-])(COCC(I)CC(F)(F)C(F)(F)OC(F)(F)C(F)(F)C(=O)[O-])COCC(I)CC(F)(F)C(F)(F)OC(F)(F)C(F)(F)C(=O)[O-]. The molecule has 0 saturated heterocycles. The monoisotopic (exact) mass is 1840 g/mol. The van der Waals surface area contributed by atoms with E-state index in [0.29, 0.717) is 90.4 Å². The molecule has 0 aromatic rings. The lowest BCUT2D eigenvalue weighted by molar-refractivity contribution is -0.471. The molecule has 4 atom stereocenters.